The maximum absolute atomic E-state index is 12.7. The first-order valence-electron chi connectivity index (χ1n) is 10.8. The molecule has 0 unspecified atom stereocenters. The molecule has 0 radical (unpaired) electrons. The standard InChI is InChI=1S/C24H27ClN4O3/c25-19-8-6-18(7-9-19)15-29-17-26-14-20(29)16-28-11-13-32-23-21(4-3-5-22(23)28)24(31)27-10-1-2-12-30/h3-9,14,17,30H,1-2,10-13,15-16H2,(H,27,31). The van der Waals surface area contributed by atoms with Gasteiger partial charge in [0.25, 0.3) is 5.91 Å². The predicted molar refractivity (Wildman–Crippen MR) is 124 cm³/mol. The zero-order valence-corrected chi connectivity index (χ0v) is 18.6. The first-order chi connectivity index (χ1) is 15.7. The minimum atomic E-state index is -0.158. The van der Waals surface area contributed by atoms with E-state index in [4.69, 9.17) is 21.4 Å². The number of nitrogens with zero attached hydrogens (tertiary/aromatic N) is 3. The van der Waals surface area contributed by atoms with Crippen LogP contribution in [0.2, 0.25) is 5.02 Å². The first-order valence-corrected chi connectivity index (χ1v) is 11.2. The van der Waals surface area contributed by atoms with Crippen LogP contribution in [-0.2, 0) is 13.1 Å². The second-order valence-electron chi connectivity index (χ2n) is 7.75. The average molecular weight is 455 g/mol. The highest BCUT2D eigenvalue weighted by Gasteiger charge is 2.24. The number of unbranched alkanes of at least 4 members (excludes halogenated alkanes) is 1. The number of nitrogens with one attached hydrogen (secondary N) is 1. The Bertz CT molecular complexity index is 1050. The van der Waals surface area contributed by atoms with Crippen molar-refractivity contribution in [1.29, 1.82) is 0 Å². The number of aliphatic hydroxyl groups excluding tert-OH is 1. The third kappa shape index (κ3) is 5.23. The van der Waals surface area contributed by atoms with Crippen molar-refractivity contribution in [1.82, 2.24) is 14.9 Å². The number of hydrogen-bond donors (Lipinski definition) is 2. The Morgan fingerprint density at radius 1 is 1.16 bits per heavy atom. The molecule has 1 aliphatic rings. The van der Waals surface area contributed by atoms with E-state index < -0.39 is 0 Å². The van der Waals surface area contributed by atoms with Crippen molar-refractivity contribution >= 4 is 23.2 Å². The number of aromatic nitrogens is 2. The molecule has 1 aliphatic heterocycles. The van der Waals surface area contributed by atoms with Crippen LogP contribution in [0.4, 0.5) is 5.69 Å². The lowest BCUT2D eigenvalue weighted by Gasteiger charge is -2.32. The summed E-state index contributed by atoms with van der Waals surface area (Å²) in [5.74, 6) is 0.455. The fraction of sp³-hybridized carbons (Fsp3) is 0.333. The van der Waals surface area contributed by atoms with E-state index in [9.17, 15) is 4.79 Å². The number of carbonyl (C=O) groups is 1. The summed E-state index contributed by atoms with van der Waals surface area (Å²) in [4.78, 5) is 19.3. The number of hydrogen-bond acceptors (Lipinski definition) is 5. The van der Waals surface area contributed by atoms with Crippen LogP contribution in [0.5, 0.6) is 5.75 Å². The molecule has 1 amide bonds. The van der Waals surface area contributed by atoms with Crippen molar-refractivity contribution in [3.63, 3.8) is 0 Å². The smallest absolute Gasteiger partial charge is 0.255 e. The van der Waals surface area contributed by atoms with Crippen LogP contribution >= 0.6 is 11.6 Å². The van der Waals surface area contributed by atoms with Crippen molar-refractivity contribution in [3.8, 4) is 5.75 Å². The van der Waals surface area contributed by atoms with Crippen LogP contribution in [-0.4, -0.2) is 46.9 Å². The zero-order chi connectivity index (χ0) is 22.3. The third-order valence-electron chi connectivity index (χ3n) is 5.48. The van der Waals surface area contributed by atoms with Gasteiger partial charge in [-0.3, -0.25) is 4.79 Å². The van der Waals surface area contributed by atoms with Gasteiger partial charge >= 0.3 is 0 Å². The minimum Gasteiger partial charge on any atom is -0.489 e. The number of fused-ring (bicyclic) bond motifs is 1. The van der Waals surface area contributed by atoms with E-state index in [0.29, 0.717) is 44.0 Å². The highest BCUT2D eigenvalue weighted by Crippen LogP contribution is 2.35. The summed E-state index contributed by atoms with van der Waals surface area (Å²) in [6.07, 6.45) is 5.12. The highest BCUT2D eigenvalue weighted by molar-refractivity contribution is 6.30. The molecule has 4 rings (SSSR count). The second kappa shape index (κ2) is 10.5. The summed E-state index contributed by atoms with van der Waals surface area (Å²) < 4.78 is 8.03. The Morgan fingerprint density at radius 2 is 2.00 bits per heavy atom. The van der Waals surface area contributed by atoms with Gasteiger partial charge < -0.3 is 24.6 Å². The molecule has 0 bridgehead atoms. The summed E-state index contributed by atoms with van der Waals surface area (Å²) in [5.41, 5.74) is 3.66. The molecule has 0 saturated carbocycles. The molecule has 0 saturated heterocycles. The van der Waals surface area contributed by atoms with E-state index in [2.05, 4.69) is 19.8 Å². The van der Waals surface area contributed by atoms with E-state index in [1.54, 1.807) is 6.07 Å². The van der Waals surface area contributed by atoms with Gasteiger partial charge in [0.1, 0.15) is 6.61 Å². The molecular weight excluding hydrogens is 428 g/mol. The number of imidazole rings is 1. The van der Waals surface area contributed by atoms with Gasteiger partial charge in [-0.05, 0) is 42.7 Å². The number of rotatable bonds is 9. The van der Waals surface area contributed by atoms with E-state index in [0.717, 1.165) is 34.9 Å². The van der Waals surface area contributed by atoms with Gasteiger partial charge in [-0.1, -0.05) is 29.8 Å². The van der Waals surface area contributed by atoms with E-state index in [1.165, 1.54) is 0 Å². The molecule has 0 spiro atoms. The minimum absolute atomic E-state index is 0.128. The lowest BCUT2D eigenvalue weighted by molar-refractivity contribution is 0.0947. The van der Waals surface area contributed by atoms with Crippen molar-refractivity contribution in [2.24, 2.45) is 0 Å². The van der Waals surface area contributed by atoms with Gasteiger partial charge in [-0.2, -0.15) is 0 Å². The van der Waals surface area contributed by atoms with Crippen molar-refractivity contribution < 1.29 is 14.6 Å². The number of aliphatic hydroxyl groups is 1. The number of carbonyl (C=O) groups excluding carboxylic acids is 1. The molecular formula is C24H27ClN4O3. The molecule has 1 aromatic heterocycles. The maximum Gasteiger partial charge on any atom is 0.255 e. The van der Waals surface area contributed by atoms with Crippen molar-refractivity contribution in [2.45, 2.75) is 25.9 Å². The molecule has 32 heavy (non-hydrogen) atoms. The predicted octanol–water partition coefficient (Wildman–Crippen LogP) is 3.49. The number of anilines is 1. The first kappa shape index (κ1) is 22.2. The van der Waals surface area contributed by atoms with Gasteiger partial charge in [0.15, 0.2) is 5.75 Å². The molecule has 3 aromatic rings. The number of ether oxygens (including phenoxy) is 1. The third-order valence-corrected chi connectivity index (χ3v) is 5.73. The number of halogens is 1. The van der Waals surface area contributed by atoms with Crippen molar-refractivity contribution in [3.05, 3.63) is 76.8 Å². The Kier molecular flexibility index (Phi) is 7.29. The molecule has 0 atom stereocenters. The summed E-state index contributed by atoms with van der Waals surface area (Å²) in [7, 11) is 0. The van der Waals surface area contributed by atoms with Gasteiger partial charge in [0, 0.05) is 30.9 Å². The van der Waals surface area contributed by atoms with Gasteiger partial charge in [-0.15, -0.1) is 0 Å². The van der Waals surface area contributed by atoms with Crippen LogP contribution in [0, 0.1) is 0 Å². The normalized spacial score (nSPS) is 12.9. The van der Waals surface area contributed by atoms with Crippen LogP contribution in [0.3, 0.4) is 0 Å². The summed E-state index contributed by atoms with van der Waals surface area (Å²) in [6, 6.07) is 13.5. The highest BCUT2D eigenvalue weighted by atomic mass is 35.5. The average Bonchev–Trinajstić information content (AvgIpc) is 3.24. The lowest BCUT2D eigenvalue weighted by Crippen LogP contribution is -2.34. The zero-order valence-electron chi connectivity index (χ0n) is 17.8. The molecule has 0 aliphatic carbocycles. The van der Waals surface area contributed by atoms with E-state index >= 15 is 0 Å². The maximum atomic E-state index is 12.7. The monoisotopic (exact) mass is 454 g/mol. The number of amides is 1. The molecule has 2 N–H and O–H groups in total. The molecule has 2 heterocycles. The Balaban J connectivity index is 1.49. The van der Waals surface area contributed by atoms with Crippen LogP contribution in [0.25, 0.3) is 0 Å². The summed E-state index contributed by atoms with van der Waals surface area (Å²) >= 11 is 6.00. The van der Waals surface area contributed by atoms with Gasteiger partial charge in [0.05, 0.1) is 36.4 Å². The van der Waals surface area contributed by atoms with Gasteiger partial charge in [-0.25, -0.2) is 4.98 Å². The van der Waals surface area contributed by atoms with E-state index in [1.807, 2.05) is 48.9 Å². The Hall–Kier alpha value is -3.03. The second-order valence-corrected chi connectivity index (χ2v) is 8.19. The topological polar surface area (TPSA) is 79.6 Å². The number of para-hydroxylation sites is 1. The molecule has 0 fully saturated rings. The lowest BCUT2D eigenvalue weighted by atomic mass is 10.1. The Morgan fingerprint density at radius 3 is 2.81 bits per heavy atom. The summed E-state index contributed by atoms with van der Waals surface area (Å²) in [6.45, 7) is 3.25. The molecule has 2 aromatic carbocycles. The van der Waals surface area contributed by atoms with Crippen LogP contribution in [0.1, 0.15) is 34.5 Å². The Labute approximate surface area is 192 Å². The molecule has 8 heteroatoms. The number of benzene rings is 2. The fourth-order valence-corrected chi connectivity index (χ4v) is 3.91. The van der Waals surface area contributed by atoms with Crippen LogP contribution < -0.4 is 15.0 Å². The van der Waals surface area contributed by atoms with Gasteiger partial charge in [0.2, 0.25) is 0 Å². The largest absolute Gasteiger partial charge is 0.489 e. The van der Waals surface area contributed by atoms with Crippen LogP contribution in [0.15, 0.2) is 55.0 Å². The molecule has 168 valence electrons. The quantitative estimate of drug-likeness (QED) is 0.484. The van der Waals surface area contributed by atoms with Crippen molar-refractivity contribution in [2.75, 3.05) is 31.2 Å². The fourth-order valence-electron chi connectivity index (χ4n) is 3.79. The summed E-state index contributed by atoms with van der Waals surface area (Å²) in [5, 5.41) is 12.5. The SMILES string of the molecule is O=C(NCCCCO)c1cccc2c1OCCN2Cc1cncn1Cc1ccc(Cl)cc1. The molecule has 7 nitrogen and oxygen atoms in total. The van der Waals surface area contributed by atoms with E-state index in [-0.39, 0.29) is 12.5 Å².